The summed E-state index contributed by atoms with van der Waals surface area (Å²) in [5, 5.41) is 10.9. The molecule has 1 unspecified atom stereocenters. The normalized spacial score (nSPS) is 21.8. The Morgan fingerprint density at radius 2 is 1.91 bits per heavy atom. The smallest absolute Gasteiger partial charge is 0.475 e. The number of aliphatic carboxylic acids is 1. The fourth-order valence-corrected chi connectivity index (χ4v) is 4.81. The second kappa shape index (κ2) is 8.19. The third-order valence-corrected chi connectivity index (χ3v) is 6.57. The molecule has 1 spiro atoms. The number of likely N-dealkylation sites (tertiary alicyclic amines) is 1. The predicted octanol–water partition coefficient (Wildman–Crippen LogP) is 3.32. The summed E-state index contributed by atoms with van der Waals surface area (Å²) in [6.45, 7) is 2.06. The maximum absolute atomic E-state index is 13.0. The third kappa shape index (κ3) is 4.21. The van der Waals surface area contributed by atoms with Crippen LogP contribution in [0.5, 0.6) is 0 Å². The third-order valence-electron chi connectivity index (χ3n) is 5.89. The minimum Gasteiger partial charge on any atom is -0.475 e. The minimum absolute atomic E-state index is 0.0272. The average molecular weight is 467 g/mol. The first kappa shape index (κ1) is 22.3. The zero-order chi connectivity index (χ0) is 23.1. The highest BCUT2D eigenvalue weighted by molar-refractivity contribution is 7.08. The Hall–Kier alpha value is -2.95. The standard InChI is InChI=1S/C19H19N3O2S.C2HF3O2/c23-17(13-3-4-13)21-8-6-19(11-21)12-22(15-2-1-7-20-16(15)19)18(24)14-5-9-25-10-14;3-2(4,5)1(6)7/h1-2,5,7,9-10,13H,3-4,6,8,11-12H2;(H,6,7). The van der Waals surface area contributed by atoms with Crippen molar-refractivity contribution >= 4 is 34.8 Å². The summed E-state index contributed by atoms with van der Waals surface area (Å²) in [6, 6.07) is 5.73. The number of amides is 2. The maximum Gasteiger partial charge on any atom is 0.490 e. The number of pyridine rings is 1. The molecule has 2 aromatic rings. The van der Waals surface area contributed by atoms with Crippen LogP contribution < -0.4 is 4.90 Å². The highest BCUT2D eigenvalue weighted by Crippen LogP contribution is 2.46. The van der Waals surface area contributed by atoms with E-state index in [0.29, 0.717) is 13.1 Å². The first-order valence-corrected chi connectivity index (χ1v) is 11.0. The SMILES string of the molecule is O=C(C1CC1)N1CCC2(C1)CN(C(=O)c1ccsc1)c1cccnc12.O=C(O)C(F)(F)F. The number of alkyl halides is 3. The summed E-state index contributed by atoms with van der Waals surface area (Å²) < 4.78 is 31.7. The molecule has 170 valence electrons. The molecule has 0 radical (unpaired) electrons. The van der Waals surface area contributed by atoms with Gasteiger partial charge in [-0.05, 0) is 42.8 Å². The number of aromatic nitrogens is 1. The van der Waals surface area contributed by atoms with Crippen molar-refractivity contribution in [2.75, 3.05) is 24.5 Å². The van der Waals surface area contributed by atoms with Gasteiger partial charge < -0.3 is 14.9 Å². The number of carboxylic acids is 1. The van der Waals surface area contributed by atoms with Gasteiger partial charge in [-0.15, -0.1) is 0 Å². The Bertz CT molecular complexity index is 1040. The van der Waals surface area contributed by atoms with E-state index in [-0.39, 0.29) is 23.1 Å². The first-order valence-electron chi connectivity index (χ1n) is 10.0. The fourth-order valence-electron chi connectivity index (χ4n) is 4.18. The van der Waals surface area contributed by atoms with E-state index < -0.39 is 12.1 Å². The van der Waals surface area contributed by atoms with E-state index >= 15 is 0 Å². The van der Waals surface area contributed by atoms with Crippen molar-refractivity contribution in [2.45, 2.75) is 30.9 Å². The molecule has 1 saturated carbocycles. The molecule has 1 N–H and O–H groups in total. The summed E-state index contributed by atoms with van der Waals surface area (Å²) in [5.74, 6) is -2.20. The number of carbonyl (C=O) groups excluding carboxylic acids is 2. The molecule has 3 aliphatic rings. The average Bonchev–Trinajstić information content (AvgIpc) is 3.17. The first-order chi connectivity index (χ1) is 15.1. The number of nitrogens with zero attached hydrogens (tertiary/aromatic N) is 3. The van der Waals surface area contributed by atoms with Gasteiger partial charge in [-0.25, -0.2) is 4.79 Å². The monoisotopic (exact) mass is 467 g/mol. The molecule has 7 nitrogen and oxygen atoms in total. The molecule has 2 aliphatic heterocycles. The van der Waals surface area contributed by atoms with Gasteiger partial charge in [-0.2, -0.15) is 24.5 Å². The van der Waals surface area contributed by atoms with Crippen LogP contribution in [0, 0.1) is 5.92 Å². The minimum atomic E-state index is -5.08. The van der Waals surface area contributed by atoms with Crippen LogP contribution in [-0.2, 0) is 15.0 Å². The van der Waals surface area contributed by atoms with Crippen molar-refractivity contribution in [3.05, 3.63) is 46.4 Å². The molecule has 4 heterocycles. The van der Waals surface area contributed by atoms with Gasteiger partial charge in [-0.1, -0.05) is 0 Å². The molecule has 1 aliphatic carbocycles. The van der Waals surface area contributed by atoms with Gasteiger partial charge in [0.05, 0.1) is 22.4 Å². The van der Waals surface area contributed by atoms with Gasteiger partial charge in [0.15, 0.2) is 0 Å². The fraction of sp³-hybridized carbons (Fsp3) is 0.429. The quantitative estimate of drug-likeness (QED) is 0.732. The van der Waals surface area contributed by atoms with Gasteiger partial charge in [0.1, 0.15) is 0 Å². The van der Waals surface area contributed by atoms with Crippen molar-refractivity contribution in [1.29, 1.82) is 0 Å². The molecule has 32 heavy (non-hydrogen) atoms. The van der Waals surface area contributed by atoms with Gasteiger partial charge in [0.25, 0.3) is 5.91 Å². The predicted molar refractivity (Wildman–Crippen MR) is 110 cm³/mol. The number of hydrogen-bond donors (Lipinski definition) is 1. The van der Waals surface area contributed by atoms with E-state index in [1.165, 1.54) is 11.3 Å². The molecule has 2 amide bonds. The molecule has 1 atom stereocenters. The maximum atomic E-state index is 13.0. The lowest BCUT2D eigenvalue weighted by molar-refractivity contribution is -0.192. The summed E-state index contributed by atoms with van der Waals surface area (Å²) in [5.41, 5.74) is 2.39. The Labute approximate surface area is 185 Å². The Kier molecular flexibility index (Phi) is 5.70. The Morgan fingerprint density at radius 1 is 1.19 bits per heavy atom. The highest BCUT2D eigenvalue weighted by Gasteiger charge is 2.52. The van der Waals surface area contributed by atoms with Crippen molar-refractivity contribution in [2.24, 2.45) is 5.92 Å². The summed E-state index contributed by atoms with van der Waals surface area (Å²) in [4.78, 5) is 42.8. The molecule has 2 fully saturated rings. The van der Waals surface area contributed by atoms with Crippen molar-refractivity contribution in [3.63, 3.8) is 0 Å². The zero-order valence-corrected chi connectivity index (χ0v) is 17.7. The van der Waals surface area contributed by atoms with E-state index in [0.717, 1.165) is 42.8 Å². The Morgan fingerprint density at radius 3 is 2.50 bits per heavy atom. The number of anilines is 1. The summed E-state index contributed by atoms with van der Waals surface area (Å²) in [6.07, 6.45) is -0.354. The topological polar surface area (TPSA) is 90.8 Å². The molecular formula is C21H20F3N3O4S. The Balaban J connectivity index is 0.000000307. The van der Waals surface area contributed by atoms with E-state index in [2.05, 4.69) is 4.98 Å². The van der Waals surface area contributed by atoms with Crippen LogP contribution in [0.4, 0.5) is 18.9 Å². The largest absolute Gasteiger partial charge is 0.490 e. The molecule has 5 rings (SSSR count). The molecule has 2 aromatic heterocycles. The van der Waals surface area contributed by atoms with Crippen LogP contribution >= 0.6 is 11.3 Å². The number of carboxylic acid groups (broad SMARTS) is 1. The van der Waals surface area contributed by atoms with Crippen LogP contribution in [0.3, 0.4) is 0 Å². The lowest BCUT2D eigenvalue weighted by Crippen LogP contribution is -2.40. The highest BCUT2D eigenvalue weighted by atomic mass is 32.1. The molecule has 11 heteroatoms. The molecule has 0 bridgehead atoms. The van der Waals surface area contributed by atoms with E-state index in [1.807, 2.05) is 38.8 Å². The van der Waals surface area contributed by atoms with Crippen LogP contribution in [0.1, 0.15) is 35.3 Å². The number of fused-ring (bicyclic) bond motifs is 2. The van der Waals surface area contributed by atoms with Gasteiger partial charge >= 0.3 is 12.1 Å². The summed E-state index contributed by atoms with van der Waals surface area (Å²) in [7, 11) is 0. The van der Waals surface area contributed by atoms with Crippen molar-refractivity contribution < 1.29 is 32.7 Å². The van der Waals surface area contributed by atoms with Gasteiger partial charge in [0, 0.05) is 37.1 Å². The van der Waals surface area contributed by atoms with Crippen molar-refractivity contribution in [1.82, 2.24) is 9.88 Å². The lowest BCUT2D eigenvalue weighted by Gasteiger charge is -2.25. The summed E-state index contributed by atoms with van der Waals surface area (Å²) >= 11 is 1.53. The second-order valence-corrected chi connectivity index (χ2v) is 8.92. The van der Waals surface area contributed by atoms with E-state index in [9.17, 15) is 22.8 Å². The molecule has 0 aromatic carbocycles. The number of halogens is 3. The van der Waals surface area contributed by atoms with Gasteiger partial charge in [0.2, 0.25) is 5.91 Å². The van der Waals surface area contributed by atoms with Crippen molar-refractivity contribution in [3.8, 4) is 0 Å². The number of hydrogen-bond acceptors (Lipinski definition) is 5. The van der Waals surface area contributed by atoms with Gasteiger partial charge in [-0.3, -0.25) is 14.6 Å². The van der Waals surface area contributed by atoms with E-state index in [4.69, 9.17) is 9.90 Å². The van der Waals surface area contributed by atoms with Crippen LogP contribution in [0.2, 0.25) is 0 Å². The van der Waals surface area contributed by atoms with Crippen LogP contribution in [-0.4, -0.2) is 58.6 Å². The number of rotatable bonds is 2. The van der Waals surface area contributed by atoms with Crippen LogP contribution in [0.25, 0.3) is 0 Å². The molecule has 1 saturated heterocycles. The lowest BCUT2D eigenvalue weighted by atomic mass is 9.85. The van der Waals surface area contributed by atoms with Crippen LogP contribution in [0.15, 0.2) is 35.2 Å². The molecular weight excluding hydrogens is 447 g/mol. The zero-order valence-electron chi connectivity index (χ0n) is 16.8. The van der Waals surface area contributed by atoms with E-state index in [1.54, 1.807) is 6.20 Å². The number of thiophene rings is 1. The second-order valence-electron chi connectivity index (χ2n) is 8.14. The number of carbonyl (C=O) groups is 3.